The number of thiazole rings is 1. The summed E-state index contributed by atoms with van der Waals surface area (Å²) in [6.45, 7) is 0.963. The minimum Gasteiger partial charge on any atom is -0.371 e. The van der Waals surface area contributed by atoms with Crippen LogP contribution in [0.5, 0.6) is 0 Å². The first-order chi connectivity index (χ1) is 18.0. The van der Waals surface area contributed by atoms with Gasteiger partial charge in [-0.05, 0) is 30.3 Å². The van der Waals surface area contributed by atoms with E-state index in [0.717, 1.165) is 5.69 Å². The molecule has 0 aliphatic heterocycles. The highest BCUT2D eigenvalue weighted by Gasteiger charge is 2.21. The molecular formula is C24H18Cl2FN9S. The van der Waals surface area contributed by atoms with Crippen LogP contribution in [0.15, 0.2) is 53.6 Å². The number of fused-ring (bicyclic) bond motifs is 1. The quantitative estimate of drug-likeness (QED) is 0.229. The molecule has 0 aliphatic rings. The van der Waals surface area contributed by atoms with E-state index in [-0.39, 0.29) is 10.6 Å². The lowest BCUT2D eigenvalue weighted by molar-refractivity contribution is 0.598. The predicted octanol–water partition coefficient (Wildman–Crippen LogP) is 5.50. The van der Waals surface area contributed by atoms with Gasteiger partial charge in [-0.2, -0.15) is 5.26 Å². The molecule has 37 heavy (non-hydrogen) atoms. The van der Waals surface area contributed by atoms with E-state index < -0.39 is 11.9 Å². The van der Waals surface area contributed by atoms with Crippen LogP contribution in [0.3, 0.4) is 0 Å². The molecule has 4 N–H and O–H groups in total. The first kappa shape index (κ1) is 24.9. The van der Waals surface area contributed by atoms with Crippen LogP contribution in [-0.2, 0) is 6.54 Å². The average molecular weight is 554 g/mol. The number of benzene rings is 2. The summed E-state index contributed by atoms with van der Waals surface area (Å²) in [5.41, 5.74) is 11.2. The third kappa shape index (κ3) is 5.19. The molecule has 1 atom stereocenters. The van der Waals surface area contributed by atoms with Crippen LogP contribution in [-0.4, -0.2) is 31.5 Å². The molecule has 0 fully saturated rings. The number of nitriles is 1. The number of anilines is 3. The second kappa shape index (κ2) is 10.7. The molecular weight excluding hydrogens is 536 g/mol. The molecule has 0 saturated carbocycles. The van der Waals surface area contributed by atoms with Gasteiger partial charge in [0.1, 0.15) is 23.6 Å². The van der Waals surface area contributed by atoms with Crippen LogP contribution < -0.4 is 16.4 Å². The van der Waals surface area contributed by atoms with Gasteiger partial charge in [-0.3, -0.25) is 9.67 Å². The fourth-order valence-electron chi connectivity index (χ4n) is 3.80. The van der Waals surface area contributed by atoms with Gasteiger partial charge in [0.25, 0.3) is 0 Å². The maximum absolute atomic E-state index is 13.7. The van der Waals surface area contributed by atoms with Crippen molar-refractivity contribution in [3.63, 3.8) is 0 Å². The van der Waals surface area contributed by atoms with Gasteiger partial charge >= 0.3 is 0 Å². The lowest BCUT2D eigenvalue weighted by atomic mass is 10.1. The third-order valence-electron chi connectivity index (χ3n) is 5.50. The van der Waals surface area contributed by atoms with Crippen molar-refractivity contribution in [2.45, 2.75) is 12.6 Å². The largest absolute Gasteiger partial charge is 0.371 e. The number of halogens is 3. The lowest BCUT2D eigenvalue weighted by Gasteiger charge is -2.18. The SMILES string of the molecule is N#Cc1cnc2c(Cl)cc(NC(c3cscn3)c3cn(CCN)nn3)cc2c1Nc1ccc(F)c(Cl)c1. The van der Waals surface area contributed by atoms with Gasteiger partial charge in [-0.1, -0.05) is 28.4 Å². The second-order valence-corrected chi connectivity index (χ2v) is 9.49. The van der Waals surface area contributed by atoms with Gasteiger partial charge in [0, 0.05) is 34.9 Å². The molecule has 0 spiro atoms. The molecule has 5 rings (SSSR count). The molecule has 0 saturated heterocycles. The van der Waals surface area contributed by atoms with Crippen molar-refractivity contribution in [2.24, 2.45) is 5.73 Å². The molecule has 0 radical (unpaired) electrons. The van der Waals surface area contributed by atoms with Gasteiger partial charge in [0.2, 0.25) is 0 Å². The number of aromatic nitrogens is 5. The number of rotatable bonds is 8. The smallest absolute Gasteiger partial charge is 0.141 e. The Balaban J connectivity index is 1.58. The first-order valence-corrected chi connectivity index (χ1v) is 12.7. The van der Waals surface area contributed by atoms with Crippen molar-refractivity contribution >= 4 is 62.5 Å². The molecule has 2 aromatic carbocycles. The molecule has 5 aromatic rings. The highest BCUT2D eigenvalue weighted by atomic mass is 35.5. The molecule has 0 aliphatic carbocycles. The Labute approximate surface area is 224 Å². The standard InChI is InChI=1S/C24H18Cl2FN9S/c25-17-6-14(1-2-19(17)27)32-22-13(8-29)9-30-23-16(22)5-15(7-18(23)26)33-24(21-11-37-12-31-21)20-10-36(4-3-28)35-34-20/h1-2,5-7,9-12,24,33H,3-4,28H2,(H,30,32). The zero-order valence-corrected chi connectivity index (χ0v) is 21.3. The Morgan fingerprint density at radius 3 is 2.70 bits per heavy atom. The van der Waals surface area contributed by atoms with E-state index in [4.69, 9.17) is 28.9 Å². The van der Waals surface area contributed by atoms with Crippen LogP contribution in [0.2, 0.25) is 10.0 Å². The van der Waals surface area contributed by atoms with Crippen molar-refractivity contribution in [1.29, 1.82) is 5.26 Å². The van der Waals surface area contributed by atoms with Crippen LogP contribution in [0.1, 0.15) is 23.0 Å². The summed E-state index contributed by atoms with van der Waals surface area (Å²) in [6, 6.07) is 9.50. The number of nitrogens with zero attached hydrogens (tertiary/aromatic N) is 6. The van der Waals surface area contributed by atoms with Gasteiger partial charge < -0.3 is 16.4 Å². The Hall–Kier alpha value is -3.82. The van der Waals surface area contributed by atoms with Crippen LogP contribution >= 0.6 is 34.5 Å². The average Bonchev–Trinajstić information content (AvgIpc) is 3.58. The summed E-state index contributed by atoms with van der Waals surface area (Å²) < 4.78 is 15.4. The fraction of sp³-hybridized carbons (Fsp3) is 0.125. The number of hydrogen-bond acceptors (Lipinski definition) is 9. The zero-order valence-electron chi connectivity index (χ0n) is 19.0. The number of nitrogens with two attached hydrogens (primary N) is 1. The molecule has 9 nitrogen and oxygen atoms in total. The minimum absolute atomic E-state index is 0.0453. The van der Waals surface area contributed by atoms with E-state index in [2.05, 4.69) is 37.0 Å². The molecule has 3 heterocycles. The van der Waals surface area contributed by atoms with Crippen molar-refractivity contribution in [2.75, 3.05) is 17.2 Å². The Morgan fingerprint density at radius 1 is 1.14 bits per heavy atom. The highest BCUT2D eigenvalue weighted by molar-refractivity contribution is 7.07. The summed E-state index contributed by atoms with van der Waals surface area (Å²) >= 11 is 14.1. The van der Waals surface area contributed by atoms with E-state index in [1.165, 1.54) is 35.7 Å². The summed E-state index contributed by atoms with van der Waals surface area (Å²) in [7, 11) is 0. The zero-order chi connectivity index (χ0) is 25.9. The normalized spacial score (nSPS) is 11.9. The third-order valence-corrected chi connectivity index (χ3v) is 6.69. The van der Waals surface area contributed by atoms with E-state index in [9.17, 15) is 9.65 Å². The number of nitrogens with one attached hydrogen (secondary N) is 2. The van der Waals surface area contributed by atoms with Crippen molar-refractivity contribution in [1.82, 2.24) is 25.0 Å². The predicted molar refractivity (Wildman–Crippen MR) is 143 cm³/mol. The van der Waals surface area contributed by atoms with Gasteiger partial charge in [0.15, 0.2) is 0 Å². The second-order valence-electron chi connectivity index (χ2n) is 7.95. The Bertz CT molecular complexity index is 1620. The highest BCUT2D eigenvalue weighted by Crippen LogP contribution is 2.37. The Kier molecular flexibility index (Phi) is 7.16. The van der Waals surface area contributed by atoms with E-state index in [0.29, 0.717) is 51.8 Å². The first-order valence-electron chi connectivity index (χ1n) is 11.0. The van der Waals surface area contributed by atoms with Crippen molar-refractivity contribution < 1.29 is 4.39 Å². The van der Waals surface area contributed by atoms with E-state index in [1.54, 1.807) is 16.3 Å². The molecule has 13 heteroatoms. The van der Waals surface area contributed by atoms with Gasteiger partial charge in [-0.15, -0.1) is 16.4 Å². The molecule has 0 amide bonds. The number of hydrogen-bond donors (Lipinski definition) is 3. The van der Waals surface area contributed by atoms with Crippen LogP contribution in [0, 0.1) is 17.1 Å². The maximum Gasteiger partial charge on any atom is 0.141 e. The summed E-state index contributed by atoms with van der Waals surface area (Å²) in [5.74, 6) is -0.543. The molecule has 0 bridgehead atoms. The fourth-order valence-corrected chi connectivity index (χ4v) is 4.83. The van der Waals surface area contributed by atoms with Crippen LogP contribution in [0.4, 0.5) is 21.5 Å². The molecule has 186 valence electrons. The van der Waals surface area contributed by atoms with Crippen LogP contribution in [0.25, 0.3) is 10.9 Å². The summed E-state index contributed by atoms with van der Waals surface area (Å²) in [4.78, 5) is 8.84. The topological polar surface area (TPSA) is 130 Å². The monoisotopic (exact) mass is 553 g/mol. The summed E-state index contributed by atoms with van der Waals surface area (Å²) in [5, 5.41) is 27.6. The Morgan fingerprint density at radius 2 is 1.97 bits per heavy atom. The van der Waals surface area contributed by atoms with E-state index in [1.807, 2.05) is 17.6 Å². The van der Waals surface area contributed by atoms with E-state index >= 15 is 0 Å². The maximum atomic E-state index is 13.7. The molecule has 1 unspecified atom stereocenters. The van der Waals surface area contributed by atoms with Crippen molar-refractivity contribution in [3.05, 3.63) is 86.4 Å². The summed E-state index contributed by atoms with van der Waals surface area (Å²) in [6.07, 6.45) is 3.25. The minimum atomic E-state index is -0.543. The van der Waals surface area contributed by atoms with Gasteiger partial charge in [0.05, 0.1) is 50.8 Å². The lowest BCUT2D eigenvalue weighted by Crippen LogP contribution is -2.14. The molecule has 3 aromatic heterocycles. The number of pyridine rings is 1. The van der Waals surface area contributed by atoms with Gasteiger partial charge in [-0.25, -0.2) is 9.37 Å². The van der Waals surface area contributed by atoms with Crippen molar-refractivity contribution in [3.8, 4) is 6.07 Å².